The van der Waals surface area contributed by atoms with Crippen LogP contribution in [-0.2, 0) is 0 Å². The Hall–Kier alpha value is -3.70. The summed E-state index contributed by atoms with van der Waals surface area (Å²) in [6, 6.07) is 36.5. The number of fused-ring (bicyclic) bond motifs is 8. The highest BCUT2D eigenvalue weighted by Gasteiger charge is 2.18. The van der Waals surface area contributed by atoms with Crippen molar-refractivity contribution in [2.24, 2.45) is 0 Å². The fourth-order valence-corrected chi connectivity index (χ4v) is 7.83. The molecule has 0 bridgehead atoms. The van der Waals surface area contributed by atoms with Gasteiger partial charge >= 0.3 is 0 Å². The summed E-state index contributed by atoms with van der Waals surface area (Å²) < 4.78 is 5.84. The number of halogens is 1. The van der Waals surface area contributed by atoms with Gasteiger partial charge in [-0.15, -0.1) is 22.7 Å². The summed E-state index contributed by atoms with van der Waals surface area (Å²) in [5.41, 5.74) is 5.67. The van der Waals surface area contributed by atoms with E-state index in [2.05, 4.69) is 108 Å². The van der Waals surface area contributed by atoms with Gasteiger partial charge in [0.1, 0.15) is 5.01 Å². The predicted molar refractivity (Wildman–Crippen MR) is 157 cm³/mol. The lowest BCUT2D eigenvalue weighted by Crippen LogP contribution is -1.92. The second kappa shape index (κ2) is 7.65. The molecule has 0 saturated heterocycles. The summed E-state index contributed by atoms with van der Waals surface area (Å²) in [6.45, 7) is 0. The summed E-state index contributed by atoms with van der Waals surface area (Å²) in [4.78, 5) is 5.18. The summed E-state index contributed by atoms with van der Waals surface area (Å²) in [7, 11) is 0. The molecule has 0 N–H and O–H groups in total. The SMILES string of the molecule is Clc1cc2sc3ccccc3c2c2nc(-c3ccc4c(c3)c3ccccc3n4-c3ccccc3)sc12. The van der Waals surface area contributed by atoms with E-state index < -0.39 is 0 Å². The van der Waals surface area contributed by atoms with Crippen molar-refractivity contribution in [3.63, 3.8) is 0 Å². The van der Waals surface area contributed by atoms with E-state index in [-0.39, 0.29) is 0 Å². The molecule has 0 aliphatic carbocycles. The number of nitrogens with zero attached hydrogens (tertiary/aromatic N) is 2. The zero-order valence-electron chi connectivity index (χ0n) is 18.9. The number of thiophene rings is 1. The number of thiazole rings is 1. The predicted octanol–water partition coefficient (Wildman–Crippen LogP) is 10.1. The average molecular weight is 517 g/mol. The van der Waals surface area contributed by atoms with Crippen LogP contribution in [0.3, 0.4) is 0 Å². The zero-order valence-corrected chi connectivity index (χ0v) is 21.3. The first-order chi connectivity index (χ1) is 17.8. The van der Waals surface area contributed by atoms with Gasteiger partial charge in [-0.2, -0.15) is 0 Å². The van der Waals surface area contributed by atoms with Gasteiger partial charge in [0.15, 0.2) is 0 Å². The second-order valence-corrected chi connectivity index (χ2v) is 11.4. The Morgan fingerprint density at radius 2 is 1.39 bits per heavy atom. The van der Waals surface area contributed by atoms with Crippen LogP contribution in [0.4, 0.5) is 0 Å². The van der Waals surface area contributed by atoms with Crippen LogP contribution >= 0.6 is 34.3 Å². The van der Waals surface area contributed by atoms with Gasteiger partial charge in [0, 0.05) is 42.2 Å². The van der Waals surface area contributed by atoms with E-state index in [4.69, 9.17) is 16.6 Å². The van der Waals surface area contributed by atoms with Crippen molar-refractivity contribution in [1.29, 1.82) is 0 Å². The normalized spacial score (nSPS) is 12.0. The fourth-order valence-electron chi connectivity index (χ4n) is 5.33. The van der Waals surface area contributed by atoms with E-state index in [1.54, 1.807) is 22.7 Å². The van der Waals surface area contributed by atoms with Gasteiger partial charge < -0.3 is 4.57 Å². The van der Waals surface area contributed by atoms with E-state index in [9.17, 15) is 0 Å². The van der Waals surface area contributed by atoms with E-state index in [1.807, 2.05) is 0 Å². The molecule has 0 aliphatic heterocycles. The number of aromatic nitrogens is 2. The molecule has 0 unspecified atom stereocenters. The molecule has 170 valence electrons. The maximum absolute atomic E-state index is 6.78. The number of hydrogen-bond acceptors (Lipinski definition) is 3. The molecule has 3 aromatic heterocycles. The van der Waals surface area contributed by atoms with E-state index in [1.165, 1.54) is 42.0 Å². The summed E-state index contributed by atoms with van der Waals surface area (Å²) in [5.74, 6) is 0. The zero-order chi connectivity index (χ0) is 23.8. The largest absolute Gasteiger partial charge is 0.309 e. The Balaban J connectivity index is 1.40. The maximum Gasteiger partial charge on any atom is 0.124 e. The van der Waals surface area contributed by atoms with Crippen LogP contribution in [0.25, 0.3) is 68.5 Å². The summed E-state index contributed by atoms with van der Waals surface area (Å²) >= 11 is 10.2. The number of rotatable bonds is 2. The average Bonchev–Trinajstić information content (AvgIpc) is 3.60. The molecule has 0 spiro atoms. The molecule has 0 radical (unpaired) electrons. The first-order valence-corrected chi connectivity index (χ1v) is 13.8. The molecule has 3 heterocycles. The minimum atomic E-state index is 0.773. The summed E-state index contributed by atoms with van der Waals surface area (Å²) in [6.07, 6.45) is 0. The first kappa shape index (κ1) is 20.5. The van der Waals surface area contributed by atoms with Crippen molar-refractivity contribution in [2.45, 2.75) is 0 Å². The third-order valence-corrected chi connectivity index (χ3v) is 9.56. The Labute approximate surface area is 219 Å². The van der Waals surface area contributed by atoms with Crippen LogP contribution in [0.5, 0.6) is 0 Å². The fraction of sp³-hybridized carbons (Fsp3) is 0. The van der Waals surface area contributed by atoms with Crippen LogP contribution in [0.2, 0.25) is 5.02 Å². The molecule has 36 heavy (non-hydrogen) atoms. The monoisotopic (exact) mass is 516 g/mol. The molecule has 5 aromatic carbocycles. The standard InChI is InChI=1S/C31H17ClN2S2/c32-23-17-27-28(21-11-5-7-13-26(21)35-27)29-30(23)36-31(33-29)18-14-15-25-22(16-18)20-10-4-6-12-24(20)34(25)19-8-2-1-3-9-19/h1-17H. The third kappa shape index (κ3) is 2.86. The lowest BCUT2D eigenvalue weighted by atomic mass is 10.1. The van der Waals surface area contributed by atoms with Crippen LogP contribution in [0.1, 0.15) is 0 Å². The van der Waals surface area contributed by atoms with E-state index >= 15 is 0 Å². The maximum atomic E-state index is 6.78. The van der Waals surface area contributed by atoms with Crippen LogP contribution in [0.15, 0.2) is 103 Å². The summed E-state index contributed by atoms with van der Waals surface area (Å²) in [5, 5.41) is 6.69. The minimum Gasteiger partial charge on any atom is -0.309 e. The van der Waals surface area contributed by atoms with E-state index in [0.717, 1.165) is 31.5 Å². The number of para-hydroxylation sites is 2. The molecule has 0 fully saturated rings. The molecule has 0 atom stereocenters. The van der Waals surface area contributed by atoms with Gasteiger partial charge in [-0.05, 0) is 48.5 Å². The van der Waals surface area contributed by atoms with Gasteiger partial charge in [-0.3, -0.25) is 0 Å². The van der Waals surface area contributed by atoms with Crippen molar-refractivity contribution in [2.75, 3.05) is 0 Å². The van der Waals surface area contributed by atoms with E-state index in [0.29, 0.717) is 0 Å². The Bertz CT molecular complexity index is 2120. The Morgan fingerprint density at radius 3 is 2.28 bits per heavy atom. The van der Waals surface area contributed by atoms with Crippen LogP contribution < -0.4 is 0 Å². The molecule has 0 amide bonds. The van der Waals surface area contributed by atoms with Gasteiger partial charge in [0.05, 0.1) is 26.3 Å². The minimum absolute atomic E-state index is 0.773. The molecule has 2 nitrogen and oxygen atoms in total. The van der Waals surface area contributed by atoms with Crippen LogP contribution in [0, 0.1) is 0 Å². The lowest BCUT2D eigenvalue weighted by molar-refractivity contribution is 1.18. The molecular weight excluding hydrogens is 500 g/mol. The van der Waals surface area contributed by atoms with Gasteiger partial charge in [-0.25, -0.2) is 4.98 Å². The van der Waals surface area contributed by atoms with Crippen molar-refractivity contribution in [1.82, 2.24) is 9.55 Å². The lowest BCUT2D eigenvalue weighted by Gasteiger charge is -2.07. The van der Waals surface area contributed by atoms with Gasteiger partial charge in [0.25, 0.3) is 0 Å². The van der Waals surface area contributed by atoms with Crippen molar-refractivity contribution < 1.29 is 0 Å². The molecule has 0 saturated carbocycles. The Morgan fingerprint density at radius 1 is 0.639 bits per heavy atom. The van der Waals surface area contributed by atoms with Crippen LogP contribution in [-0.4, -0.2) is 9.55 Å². The van der Waals surface area contributed by atoms with Crippen molar-refractivity contribution in [3.05, 3.63) is 108 Å². The van der Waals surface area contributed by atoms with Gasteiger partial charge in [0.2, 0.25) is 0 Å². The highest BCUT2D eigenvalue weighted by atomic mass is 35.5. The number of hydrogen-bond donors (Lipinski definition) is 0. The third-order valence-electron chi connectivity index (χ3n) is 6.90. The number of benzene rings is 5. The Kier molecular flexibility index (Phi) is 4.35. The molecule has 0 aliphatic rings. The second-order valence-electron chi connectivity index (χ2n) is 8.95. The quantitative estimate of drug-likeness (QED) is 0.223. The topological polar surface area (TPSA) is 17.8 Å². The van der Waals surface area contributed by atoms with Gasteiger partial charge in [-0.1, -0.05) is 66.2 Å². The molecular formula is C31H17ClN2S2. The van der Waals surface area contributed by atoms with Crippen molar-refractivity contribution >= 4 is 86.5 Å². The molecule has 8 rings (SSSR count). The molecule has 5 heteroatoms. The highest BCUT2D eigenvalue weighted by Crippen LogP contribution is 2.45. The smallest absolute Gasteiger partial charge is 0.124 e. The molecule has 8 aromatic rings. The first-order valence-electron chi connectivity index (χ1n) is 11.8. The van der Waals surface area contributed by atoms with Crippen molar-refractivity contribution in [3.8, 4) is 16.3 Å². The highest BCUT2D eigenvalue weighted by molar-refractivity contribution is 7.26.